The molecule has 2 aliphatic rings. The van der Waals surface area contributed by atoms with Crippen LogP contribution in [0.2, 0.25) is 0 Å². The van der Waals surface area contributed by atoms with E-state index in [1.165, 1.54) is 4.88 Å². The molecule has 2 N–H and O–H groups in total. The van der Waals surface area contributed by atoms with Gasteiger partial charge in [0.2, 0.25) is 5.95 Å². The van der Waals surface area contributed by atoms with E-state index in [1.807, 2.05) is 18.4 Å². The van der Waals surface area contributed by atoms with Crippen LogP contribution in [0.5, 0.6) is 0 Å². The summed E-state index contributed by atoms with van der Waals surface area (Å²) >= 11 is 1.85. The van der Waals surface area contributed by atoms with Gasteiger partial charge in [0.1, 0.15) is 0 Å². The number of rotatable bonds is 7. The molecule has 2 amide bonds. The molecule has 2 aromatic rings. The highest BCUT2D eigenvalue weighted by molar-refractivity contribution is 7.10. The van der Waals surface area contributed by atoms with Crippen molar-refractivity contribution in [3.05, 3.63) is 34.8 Å². The molecule has 1 spiro atoms. The predicted molar refractivity (Wildman–Crippen MR) is 124 cm³/mol. The summed E-state index contributed by atoms with van der Waals surface area (Å²) in [5.74, 6) is 0.536. The van der Waals surface area contributed by atoms with Gasteiger partial charge < -0.3 is 20.2 Å². The molecular weight excluding hydrogens is 412 g/mol. The number of thiophene rings is 1. The first kappa shape index (κ1) is 22.0. The Bertz CT molecular complexity index is 878. The molecule has 0 bridgehead atoms. The van der Waals surface area contributed by atoms with E-state index in [2.05, 4.69) is 51.8 Å². The van der Waals surface area contributed by atoms with E-state index in [0.717, 1.165) is 32.2 Å². The molecule has 4 rings (SSSR count). The molecule has 1 aliphatic carbocycles. The molecule has 0 unspecified atom stereocenters. The number of aliphatic hydroxyl groups is 1. The molecule has 168 valence electrons. The second-order valence-corrected chi connectivity index (χ2v) is 10.1. The SMILES string of the molecule is CN(C)CC1(c2cccs2)CCC2(CC1)CN(c1cnc(N(C)CCO)nc1)C(=O)N2. The van der Waals surface area contributed by atoms with Crippen molar-refractivity contribution >= 4 is 29.0 Å². The van der Waals surface area contributed by atoms with Gasteiger partial charge in [-0.3, -0.25) is 4.90 Å². The van der Waals surface area contributed by atoms with Gasteiger partial charge in [0, 0.05) is 30.4 Å². The lowest BCUT2D eigenvalue weighted by molar-refractivity contribution is 0.159. The fraction of sp³-hybridized carbons (Fsp3) is 0.591. The van der Waals surface area contributed by atoms with E-state index in [9.17, 15) is 4.79 Å². The zero-order chi connectivity index (χ0) is 22.1. The van der Waals surface area contributed by atoms with Gasteiger partial charge in [-0.2, -0.15) is 0 Å². The van der Waals surface area contributed by atoms with Crippen molar-refractivity contribution in [3.63, 3.8) is 0 Å². The minimum absolute atomic E-state index is 0.0411. The van der Waals surface area contributed by atoms with Crippen molar-refractivity contribution in [1.29, 1.82) is 0 Å². The number of carbonyl (C=O) groups excluding carboxylic acids is 1. The van der Waals surface area contributed by atoms with Crippen LogP contribution in [0, 0.1) is 0 Å². The Labute approximate surface area is 187 Å². The van der Waals surface area contributed by atoms with Crippen LogP contribution in [-0.2, 0) is 5.41 Å². The molecule has 1 saturated heterocycles. The molecule has 1 aliphatic heterocycles. The average Bonchev–Trinajstić information content (AvgIpc) is 3.39. The summed E-state index contributed by atoms with van der Waals surface area (Å²) < 4.78 is 0. The maximum absolute atomic E-state index is 12.8. The topological polar surface area (TPSA) is 84.8 Å². The summed E-state index contributed by atoms with van der Waals surface area (Å²) in [7, 11) is 6.11. The number of carbonyl (C=O) groups is 1. The molecule has 0 radical (unpaired) electrons. The average molecular weight is 445 g/mol. The van der Waals surface area contributed by atoms with Crippen molar-refractivity contribution in [2.24, 2.45) is 0 Å². The largest absolute Gasteiger partial charge is 0.395 e. The summed E-state index contributed by atoms with van der Waals surface area (Å²) in [4.78, 5) is 28.9. The first-order valence-corrected chi connectivity index (χ1v) is 11.7. The minimum Gasteiger partial charge on any atom is -0.395 e. The molecule has 9 heteroatoms. The molecular formula is C22H32N6O2S. The quantitative estimate of drug-likeness (QED) is 0.682. The maximum atomic E-state index is 12.8. The Balaban J connectivity index is 1.47. The summed E-state index contributed by atoms with van der Waals surface area (Å²) in [6.45, 7) is 2.17. The number of aliphatic hydroxyl groups excluding tert-OH is 1. The second kappa shape index (κ2) is 8.72. The van der Waals surface area contributed by atoms with Crippen LogP contribution in [0.25, 0.3) is 0 Å². The van der Waals surface area contributed by atoms with E-state index < -0.39 is 0 Å². The van der Waals surface area contributed by atoms with Crippen molar-refractivity contribution < 1.29 is 9.90 Å². The van der Waals surface area contributed by atoms with E-state index in [1.54, 1.807) is 22.2 Å². The smallest absolute Gasteiger partial charge is 0.322 e. The predicted octanol–water partition coefficient (Wildman–Crippen LogP) is 2.31. The van der Waals surface area contributed by atoms with E-state index >= 15 is 0 Å². The number of hydrogen-bond donors (Lipinski definition) is 2. The third-order valence-electron chi connectivity index (χ3n) is 6.62. The molecule has 0 aromatic carbocycles. The van der Waals surface area contributed by atoms with E-state index in [0.29, 0.717) is 24.7 Å². The van der Waals surface area contributed by atoms with Crippen LogP contribution in [0.15, 0.2) is 29.9 Å². The number of aromatic nitrogens is 2. The van der Waals surface area contributed by atoms with Crippen LogP contribution in [-0.4, -0.2) is 78.9 Å². The van der Waals surface area contributed by atoms with Crippen LogP contribution in [0.1, 0.15) is 30.6 Å². The van der Waals surface area contributed by atoms with Gasteiger partial charge in [-0.25, -0.2) is 14.8 Å². The van der Waals surface area contributed by atoms with Crippen LogP contribution < -0.4 is 15.1 Å². The third-order valence-corrected chi connectivity index (χ3v) is 7.73. The number of anilines is 2. The third kappa shape index (κ3) is 4.40. The maximum Gasteiger partial charge on any atom is 0.322 e. The van der Waals surface area contributed by atoms with Crippen LogP contribution in [0.3, 0.4) is 0 Å². The highest BCUT2D eigenvalue weighted by Crippen LogP contribution is 2.46. The Morgan fingerprint density at radius 3 is 2.48 bits per heavy atom. The van der Waals surface area contributed by atoms with Gasteiger partial charge >= 0.3 is 6.03 Å². The number of likely N-dealkylation sites (N-methyl/N-ethyl adjacent to an activating group) is 2. The number of amides is 2. The first-order valence-electron chi connectivity index (χ1n) is 10.8. The summed E-state index contributed by atoms with van der Waals surface area (Å²) in [5.41, 5.74) is 0.665. The number of hydrogen-bond acceptors (Lipinski definition) is 7. The lowest BCUT2D eigenvalue weighted by Gasteiger charge is -2.45. The summed E-state index contributed by atoms with van der Waals surface area (Å²) in [6.07, 6.45) is 7.42. The molecule has 1 saturated carbocycles. The van der Waals surface area contributed by atoms with Crippen molar-refractivity contribution in [1.82, 2.24) is 20.2 Å². The van der Waals surface area contributed by atoms with Gasteiger partial charge in [-0.15, -0.1) is 11.3 Å². The molecule has 31 heavy (non-hydrogen) atoms. The van der Waals surface area contributed by atoms with Gasteiger partial charge in [0.15, 0.2) is 0 Å². The molecule has 0 atom stereocenters. The Morgan fingerprint density at radius 2 is 1.90 bits per heavy atom. The number of nitrogens with one attached hydrogen (secondary N) is 1. The first-order chi connectivity index (χ1) is 14.9. The van der Waals surface area contributed by atoms with Crippen molar-refractivity contribution in [2.45, 2.75) is 36.6 Å². The van der Waals surface area contributed by atoms with Gasteiger partial charge in [-0.05, 0) is 51.2 Å². The van der Waals surface area contributed by atoms with Crippen molar-refractivity contribution in [3.8, 4) is 0 Å². The monoisotopic (exact) mass is 444 g/mol. The van der Waals surface area contributed by atoms with E-state index in [-0.39, 0.29) is 23.6 Å². The molecule has 2 aromatic heterocycles. The highest BCUT2D eigenvalue weighted by atomic mass is 32.1. The molecule has 3 heterocycles. The van der Waals surface area contributed by atoms with Crippen LogP contribution >= 0.6 is 11.3 Å². The summed E-state index contributed by atoms with van der Waals surface area (Å²) in [5, 5.41) is 14.5. The fourth-order valence-electron chi connectivity index (χ4n) is 4.98. The van der Waals surface area contributed by atoms with Gasteiger partial charge in [0.05, 0.1) is 36.8 Å². The molecule has 8 nitrogen and oxygen atoms in total. The second-order valence-electron chi connectivity index (χ2n) is 9.18. The highest BCUT2D eigenvalue weighted by Gasteiger charge is 2.50. The lowest BCUT2D eigenvalue weighted by atomic mass is 9.66. The van der Waals surface area contributed by atoms with Crippen molar-refractivity contribution in [2.75, 3.05) is 57.2 Å². The fourth-order valence-corrected chi connectivity index (χ4v) is 5.96. The van der Waals surface area contributed by atoms with Gasteiger partial charge in [0.25, 0.3) is 0 Å². The lowest BCUT2D eigenvalue weighted by Crippen LogP contribution is -2.52. The van der Waals surface area contributed by atoms with Crippen LogP contribution in [0.4, 0.5) is 16.4 Å². The van der Waals surface area contributed by atoms with E-state index in [4.69, 9.17) is 5.11 Å². The standard InChI is InChI=1S/C22H32N6O2S/c1-26(2)15-21(18-5-4-12-31-18)6-8-22(9-7-21)16-28(20(30)25-22)17-13-23-19(24-14-17)27(3)10-11-29/h4-5,12-14,29H,6-11,15-16H2,1-3H3,(H,25,30). The zero-order valence-corrected chi connectivity index (χ0v) is 19.4. The zero-order valence-electron chi connectivity index (χ0n) is 18.5. The van der Waals surface area contributed by atoms with Gasteiger partial charge in [-0.1, -0.05) is 6.07 Å². The summed E-state index contributed by atoms with van der Waals surface area (Å²) in [6, 6.07) is 4.33. The number of nitrogens with zero attached hydrogens (tertiary/aromatic N) is 5. The minimum atomic E-state index is -0.198. The normalized spacial score (nSPS) is 26.0. The molecule has 2 fully saturated rings. The Morgan fingerprint density at radius 1 is 1.19 bits per heavy atom. The Hall–Kier alpha value is -2.23. The number of urea groups is 1. The Kier molecular flexibility index (Phi) is 6.18.